The monoisotopic (exact) mass is 240 g/mol. The van der Waals surface area contributed by atoms with Crippen LogP contribution in [-0.4, -0.2) is 48.7 Å². The second kappa shape index (κ2) is 4.94. The van der Waals surface area contributed by atoms with Crippen LogP contribution in [0.3, 0.4) is 0 Å². The Hall–Kier alpha value is -0.610. The highest BCUT2D eigenvalue weighted by molar-refractivity contribution is 5.80. The lowest BCUT2D eigenvalue weighted by Crippen LogP contribution is -2.55. The zero-order valence-electron chi connectivity index (χ0n) is 11.3. The van der Waals surface area contributed by atoms with Crippen LogP contribution >= 0.6 is 0 Å². The highest BCUT2D eigenvalue weighted by atomic mass is 16.5. The van der Waals surface area contributed by atoms with Gasteiger partial charge in [-0.3, -0.25) is 4.79 Å². The molecule has 2 rings (SSSR count). The molecule has 1 N–H and O–H groups in total. The first-order chi connectivity index (χ1) is 8.02. The van der Waals surface area contributed by atoms with E-state index in [0.29, 0.717) is 12.0 Å². The Bertz CT molecular complexity index is 295. The lowest BCUT2D eigenvalue weighted by Gasteiger charge is -2.37. The van der Waals surface area contributed by atoms with Crippen molar-refractivity contribution in [2.75, 3.05) is 19.6 Å². The van der Waals surface area contributed by atoms with Gasteiger partial charge in [0.05, 0.1) is 18.1 Å². The fourth-order valence-electron chi connectivity index (χ4n) is 3.05. The Morgan fingerprint density at radius 1 is 1.24 bits per heavy atom. The molecule has 2 aliphatic heterocycles. The molecule has 0 spiro atoms. The van der Waals surface area contributed by atoms with Crippen LogP contribution in [0.25, 0.3) is 0 Å². The molecule has 0 aromatic heterocycles. The molecule has 0 aromatic rings. The van der Waals surface area contributed by atoms with E-state index in [1.165, 1.54) is 0 Å². The number of nitrogens with one attached hydrogen (secondary N) is 1. The number of ether oxygens (including phenoxy) is 1. The first-order valence-electron chi connectivity index (χ1n) is 6.69. The number of nitrogens with zero attached hydrogens (tertiary/aromatic N) is 1. The first kappa shape index (κ1) is 12.8. The molecule has 0 radical (unpaired) electrons. The number of hydrogen-bond acceptors (Lipinski definition) is 3. The third-order valence-corrected chi connectivity index (χ3v) is 4.31. The maximum atomic E-state index is 12.6. The minimum atomic E-state index is 0.0329. The molecular weight excluding hydrogens is 216 g/mol. The van der Waals surface area contributed by atoms with Gasteiger partial charge in [0.15, 0.2) is 0 Å². The zero-order chi connectivity index (χ0) is 12.6. The highest BCUT2D eigenvalue weighted by Crippen LogP contribution is 2.33. The Morgan fingerprint density at radius 3 is 2.47 bits per heavy atom. The maximum Gasteiger partial charge on any atom is 0.228 e. The minimum Gasteiger partial charge on any atom is -0.374 e. The SMILES string of the molecule is CC1OC(C)C(C(=O)N2CCNC[C@H]2C)C1C. The summed E-state index contributed by atoms with van der Waals surface area (Å²) in [6, 6.07) is 0.298. The van der Waals surface area contributed by atoms with E-state index in [1.807, 2.05) is 11.8 Å². The molecule has 0 bridgehead atoms. The average Bonchev–Trinajstić information content (AvgIpc) is 2.53. The highest BCUT2D eigenvalue weighted by Gasteiger charge is 2.44. The van der Waals surface area contributed by atoms with E-state index in [9.17, 15) is 4.79 Å². The summed E-state index contributed by atoms with van der Waals surface area (Å²) in [5.41, 5.74) is 0. The predicted octanol–water partition coefficient (Wildman–Crippen LogP) is 0.866. The molecule has 4 heteroatoms. The van der Waals surface area contributed by atoms with Gasteiger partial charge in [-0.25, -0.2) is 0 Å². The van der Waals surface area contributed by atoms with Gasteiger partial charge in [0.2, 0.25) is 5.91 Å². The summed E-state index contributed by atoms with van der Waals surface area (Å²) in [6.07, 6.45) is 0.242. The van der Waals surface area contributed by atoms with E-state index in [2.05, 4.69) is 26.1 Å². The van der Waals surface area contributed by atoms with E-state index >= 15 is 0 Å². The molecular formula is C13H24N2O2. The van der Waals surface area contributed by atoms with Crippen molar-refractivity contribution in [2.24, 2.45) is 11.8 Å². The number of carbonyl (C=O) groups is 1. The Labute approximate surface area is 104 Å². The van der Waals surface area contributed by atoms with Crippen molar-refractivity contribution in [1.29, 1.82) is 0 Å². The second-order valence-corrected chi connectivity index (χ2v) is 5.52. The quantitative estimate of drug-likeness (QED) is 0.739. The zero-order valence-corrected chi connectivity index (χ0v) is 11.3. The van der Waals surface area contributed by atoms with Gasteiger partial charge in [-0.1, -0.05) is 6.92 Å². The number of piperazine rings is 1. The van der Waals surface area contributed by atoms with Gasteiger partial charge in [0.25, 0.3) is 0 Å². The third kappa shape index (κ3) is 2.33. The first-order valence-corrected chi connectivity index (χ1v) is 6.69. The molecule has 5 atom stereocenters. The number of amides is 1. The van der Waals surface area contributed by atoms with Crippen molar-refractivity contribution >= 4 is 5.91 Å². The van der Waals surface area contributed by atoms with Gasteiger partial charge in [-0.15, -0.1) is 0 Å². The van der Waals surface area contributed by atoms with E-state index in [0.717, 1.165) is 19.6 Å². The summed E-state index contributed by atoms with van der Waals surface area (Å²) < 4.78 is 5.77. The topological polar surface area (TPSA) is 41.6 Å². The van der Waals surface area contributed by atoms with Gasteiger partial charge in [-0.05, 0) is 26.7 Å². The molecule has 1 amide bonds. The van der Waals surface area contributed by atoms with Crippen molar-refractivity contribution in [1.82, 2.24) is 10.2 Å². The standard InChI is InChI=1S/C13H24N2O2/c1-8-7-14-5-6-15(8)13(16)12-9(2)10(3)17-11(12)4/h8-12,14H,5-7H2,1-4H3/t8-,9?,10?,11?,12?/m1/s1. The van der Waals surface area contributed by atoms with E-state index in [1.54, 1.807) is 0 Å². The minimum absolute atomic E-state index is 0.0329. The van der Waals surface area contributed by atoms with Gasteiger partial charge < -0.3 is 15.0 Å². The summed E-state index contributed by atoms with van der Waals surface area (Å²) in [7, 11) is 0. The lowest BCUT2D eigenvalue weighted by molar-refractivity contribution is -0.140. The Balaban J connectivity index is 2.08. The van der Waals surface area contributed by atoms with Gasteiger partial charge in [0, 0.05) is 25.7 Å². The molecule has 0 aromatic carbocycles. The van der Waals surface area contributed by atoms with Crippen molar-refractivity contribution in [3.8, 4) is 0 Å². The van der Waals surface area contributed by atoms with Crippen LogP contribution in [0.4, 0.5) is 0 Å². The van der Waals surface area contributed by atoms with E-state index < -0.39 is 0 Å². The number of rotatable bonds is 1. The van der Waals surface area contributed by atoms with E-state index in [4.69, 9.17) is 4.74 Å². The largest absolute Gasteiger partial charge is 0.374 e. The molecule has 0 aliphatic carbocycles. The molecule has 98 valence electrons. The van der Waals surface area contributed by atoms with Crippen LogP contribution in [0, 0.1) is 11.8 Å². The second-order valence-electron chi connectivity index (χ2n) is 5.52. The van der Waals surface area contributed by atoms with Crippen LogP contribution in [0.15, 0.2) is 0 Å². The molecule has 2 heterocycles. The molecule has 2 fully saturated rings. The summed E-state index contributed by atoms with van der Waals surface area (Å²) >= 11 is 0. The molecule has 4 nitrogen and oxygen atoms in total. The smallest absolute Gasteiger partial charge is 0.228 e. The van der Waals surface area contributed by atoms with Crippen LogP contribution in [0.2, 0.25) is 0 Å². The molecule has 17 heavy (non-hydrogen) atoms. The number of carbonyl (C=O) groups excluding carboxylic acids is 1. The number of hydrogen-bond donors (Lipinski definition) is 1. The third-order valence-electron chi connectivity index (χ3n) is 4.31. The van der Waals surface area contributed by atoms with Gasteiger partial charge in [-0.2, -0.15) is 0 Å². The van der Waals surface area contributed by atoms with Crippen LogP contribution in [-0.2, 0) is 9.53 Å². The van der Waals surface area contributed by atoms with Crippen molar-refractivity contribution in [2.45, 2.75) is 45.9 Å². The van der Waals surface area contributed by atoms with Gasteiger partial charge >= 0.3 is 0 Å². The fourth-order valence-corrected chi connectivity index (χ4v) is 3.05. The molecule has 2 saturated heterocycles. The molecule has 2 aliphatic rings. The summed E-state index contributed by atoms with van der Waals surface area (Å²) in [5.74, 6) is 0.633. The summed E-state index contributed by atoms with van der Waals surface area (Å²) in [6.45, 7) is 11.0. The maximum absolute atomic E-state index is 12.6. The molecule has 4 unspecified atom stereocenters. The van der Waals surface area contributed by atoms with E-state index in [-0.39, 0.29) is 24.0 Å². The summed E-state index contributed by atoms with van der Waals surface area (Å²) in [5, 5.41) is 3.32. The van der Waals surface area contributed by atoms with Crippen molar-refractivity contribution < 1.29 is 9.53 Å². The van der Waals surface area contributed by atoms with Crippen molar-refractivity contribution in [3.05, 3.63) is 0 Å². The van der Waals surface area contributed by atoms with Crippen LogP contribution in [0.1, 0.15) is 27.7 Å². The van der Waals surface area contributed by atoms with Gasteiger partial charge in [0.1, 0.15) is 0 Å². The Kier molecular flexibility index (Phi) is 3.73. The predicted molar refractivity (Wildman–Crippen MR) is 66.7 cm³/mol. The van der Waals surface area contributed by atoms with Crippen LogP contribution in [0.5, 0.6) is 0 Å². The Morgan fingerprint density at radius 2 is 1.94 bits per heavy atom. The normalized spacial score (nSPS) is 42.8. The average molecular weight is 240 g/mol. The molecule has 0 saturated carbocycles. The summed E-state index contributed by atoms with van der Waals surface area (Å²) in [4.78, 5) is 14.6. The van der Waals surface area contributed by atoms with Crippen molar-refractivity contribution in [3.63, 3.8) is 0 Å². The fraction of sp³-hybridized carbons (Fsp3) is 0.923. The lowest BCUT2D eigenvalue weighted by atomic mass is 9.88. The van der Waals surface area contributed by atoms with Crippen LogP contribution < -0.4 is 5.32 Å².